The third-order valence-electron chi connectivity index (χ3n) is 2.34. The largest absolute Gasteiger partial charge is 0.365 e. The van der Waals surface area contributed by atoms with Crippen LogP contribution >= 0.6 is 11.8 Å². The van der Waals surface area contributed by atoms with E-state index in [1.54, 1.807) is 17.8 Å². The second-order valence-corrected chi connectivity index (χ2v) is 4.53. The molecule has 0 aliphatic rings. The fraction of sp³-hybridized carbons (Fsp3) is 0.308. The molecule has 0 unspecified atom stereocenters. The van der Waals surface area contributed by atoms with Gasteiger partial charge in [-0.3, -0.25) is 4.79 Å². The summed E-state index contributed by atoms with van der Waals surface area (Å²) in [5.41, 5.74) is 1.04. The van der Waals surface area contributed by atoms with Gasteiger partial charge in [-0.1, -0.05) is 6.08 Å². The molecule has 0 atom stereocenters. The van der Waals surface area contributed by atoms with Crippen LogP contribution in [0.25, 0.3) is 0 Å². The number of hydrogen-bond acceptors (Lipinski definition) is 3. The third kappa shape index (κ3) is 4.53. The van der Waals surface area contributed by atoms with Gasteiger partial charge in [-0.2, -0.15) is 0 Å². The summed E-state index contributed by atoms with van der Waals surface area (Å²) in [7, 11) is 1.90. The molecule has 0 aromatic heterocycles. The fourth-order valence-electron chi connectivity index (χ4n) is 1.39. The van der Waals surface area contributed by atoms with Gasteiger partial charge >= 0.3 is 0 Å². The van der Waals surface area contributed by atoms with Gasteiger partial charge < -0.3 is 10.2 Å². The molecule has 1 rings (SSSR count). The monoisotopic (exact) mass is 250 g/mol. The van der Waals surface area contributed by atoms with Crippen LogP contribution in [0.4, 0.5) is 5.69 Å². The van der Waals surface area contributed by atoms with E-state index in [2.05, 4.69) is 24.0 Å². The van der Waals surface area contributed by atoms with Crippen molar-refractivity contribution in [2.45, 2.75) is 4.90 Å². The summed E-state index contributed by atoms with van der Waals surface area (Å²) in [6.45, 7) is 4.42. The Labute approximate surface area is 107 Å². The van der Waals surface area contributed by atoms with Crippen molar-refractivity contribution in [2.75, 3.05) is 31.3 Å². The smallest absolute Gasteiger partial charge is 0.239 e. The van der Waals surface area contributed by atoms with E-state index in [0.29, 0.717) is 13.1 Å². The number of carbonyl (C=O) groups is 1. The number of anilines is 1. The summed E-state index contributed by atoms with van der Waals surface area (Å²) < 4.78 is 0. The molecule has 0 fully saturated rings. The number of likely N-dealkylation sites (N-methyl/N-ethyl adjacent to an activating group) is 1. The van der Waals surface area contributed by atoms with E-state index in [0.717, 1.165) is 5.69 Å². The van der Waals surface area contributed by atoms with Crippen LogP contribution in [0.15, 0.2) is 41.8 Å². The molecule has 0 aliphatic heterocycles. The summed E-state index contributed by atoms with van der Waals surface area (Å²) in [6, 6.07) is 8.15. The summed E-state index contributed by atoms with van der Waals surface area (Å²) in [4.78, 5) is 14.6. The van der Waals surface area contributed by atoms with Gasteiger partial charge in [0.05, 0.1) is 6.54 Å². The Kier molecular flexibility index (Phi) is 5.63. The second kappa shape index (κ2) is 7.01. The van der Waals surface area contributed by atoms with Crippen molar-refractivity contribution in [1.82, 2.24) is 5.32 Å². The van der Waals surface area contributed by atoms with Crippen LogP contribution in [-0.2, 0) is 4.79 Å². The maximum Gasteiger partial charge on any atom is 0.239 e. The van der Waals surface area contributed by atoms with Crippen molar-refractivity contribution in [3.8, 4) is 0 Å². The highest BCUT2D eigenvalue weighted by atomic mass is 32.2. The maximum absolute atomic E-state index is 11.5. The van der Waals surface area contributed by atoms with Gasteiger partial charge in [0.1, 0.15) is 0 Å². The summed E-state index contributed by atoms with van der Waals surface area (Å²) in [5, 5.41) is 2.75. The molecule has 0 saturated carbocycles. The van der Waals surface area contributed by atoms with Crippen molar-refractivity contribution in [2.24, 2.45) is 0 Å². The zero-order valence-electron chi connectivity index (χ0n) is 10.3. The van der Waals surface area contributed by atoms with Gasteiger partial charge in [0.2, 0.25) is 5.91 Å². The predicted molar refractivity (Wildman–Crippen MR) is 74.7 cm³/mol. The number of nitrogens with zero attached hydrogens (tertiary/aromatic N) is 1. The van der Waals surface area contributed by atoms with E-state index in [9.17, 15) is 4.79 Å². The van der Waals surface area contributed by atoms with Crippen LogP contribution in [0.5, 0.6) is 0 Å². The van der Waals surface area contributed by atoms with Crippen LogP contribution in [0.2, 0.25) is 0 Å². The normalized spacial score (nSPS) is 9.76. The maximum atomic E-state index is 11.5. The first-order valence-corrected chi connectivity index (χ1v) is 6.62. The number of carbonyl (C=O) groups excluding carboxylic acids is 1. The van der Waals surface area contributed by atoms with Gasteiger partial charge in [0.25, 0.3) is 0 Å². The number of nitrogens with one attached hydrogen (secondary N) is 1. The SMILES string of the molecule is C=CCNC(=O)CN(C)c1ccc(SC)cc1. The number of hydrogen-bond donors (Lipinski definition) is 1. The molecular formula is C13H18N2OS. The van der Waals surface area contributed by atoms with Gasteiger partial charge in [-0.15, -0.1) is 18.3 Å². The average molecular weight is 250 g/mol. The van der Waals surface area contributed by atoms with Crippen LogP contribution in [-0.4, -0.2) is 32.3 Å². The zero-order chi connectivity index (χ0) is 12.7. The average Bonchev–Trinajstić information content (AvgIpc) is 2.36. The third-order valence-corrected chi connectivity index (χ3v) is 3.08. The highest BCUT2D eigenvalue weighted by Crippen LogP contribution is 2.19. The molecule has 1 amide bonds. The summed E-state index contributed by atoms with van der Waals surface area (Å²) in [5.74, 6) is 0.00124. The first-order valence-electron chi connectivity index (χ1n) is 5.40. The molecule has 0 heterocycles. The van der Waals surface area contributed by atoms with Crippen molar-refractivity contribution in [3.05, 3.63) is 36.9 Å². The Morgan fingerprint density at radius 2 is 2.12 bits per heavy atom. The first kappa shape index (κ1) is 13.6. The number of thioether (sulfide) groups is 1. The summed E-state index contributed by atoms with van der Waals surface area (Å²) >= 11 is 1.71. The Hall–Kier alpha value is -1.42. The van der Waals surface area contributed by atoms with E-state index in [-0.39, 0.29) is 5.91 Å². The lowest BCUT2D eigenvalue weighted by Crippen LogP contribution is -2.35. The van der Waals surface area contributed by atoms with Crippen LogP contribution < -0.4 is 10.2 Å². The highest BCUT2D eigenvalue weighted by molar-refractivity contribution is 7.98. The molecule has 92 valence electrons. The standard InChI is InChI=1S/C13H18N2OS/c1-4-9-14-13(16)10-15(2)11-5-7-12(17-3)8-6-11/h4-8H,1,9-10H2,2-3H3,(H,14,16). The first-order chi connectivity index (χ1) is 8.17. The fourth-order valence-corrected chi connectivity index (χ4v) is 1.79. The van der Waals surface area contributed by atoms with E-state index >= 15 is 0 Å². The number of benzene rings is 1. The number of amides is 1. The van der Waals surface area contributed by atoms with Crippen molar-refractivity contribution in [3.63, 3.8) is 0 Å². The lowest BCUT2D eigenvalue weighted by Gasteiger charge is -2.18. The Morgan fingerprint density at radius 1 is 1.47 bits per heavy atom. The molecule has 17 heavy (non-hydrogen) atoms. The Bertz CT molecular complexity index is 376. The lowest BCUT2D eigenvalue weighted by atomic mass is 10.3. The molecule has 0 aliphatic carbocycles. The van der Waals surface area contributed by atoms with E-state index in [1.165, 1.54) is 4.90 Å². The molecule has 1 N–H and O–H groups in total. The Morgan fingerprint density at radius 3 is 2.65 bits per heavy atom. The molecular weight excluding hydrogens is 232 g/mol. The molecule has 0 bridgehead atoms. The zero-order valence-corrected chi connectivity index (χ0v) is 11.1. The van der Waals surface area contributed by atoms with Crippen LogP contribution in [0, 0.1) is 0 Å². The van der Waals surface area contributed by atoms with E-state index < -0.39 is 0 Å². The van der Waals surface area contributed by atoms with Crippen molar-refractivity contribution >= 4 is 23.4 Å². The Balaban J connectivity index is 2.53. The topological polar surface area (TPSA) is 32.3 Å². The minimum Gasteiger partial charge on any atom is -0.365 e. The predicted octanol–water partition coefficient (Wildman–Crippen LogP) is 2.15. The molecule has 4 heteroatoms. The van der Waals surface area contributed by atoms with Gasteiger partial charge in [-0.25, -0.2) is 0 Å². The highest BCUT2D eigenvalue weighted by Gasteiger charge is 2.06. The molecule has 1 aromatic carbocycles. The van der Waals surface area contributed by atoms with Gasteiger partial charge in [-0.05, 0) is 30.5 Å². The van der Waals surface area contributed by atoms with Crippen molar-refractivity contribution < 1.29 is 4.79 Å². The molecule has 0 saturated heterocycles. The molecule has 0 radical (unpaired) electrons. The van der Waals surface area contributed by atoms with E-state index in [4.69, 9.17) is 0 Å². The molecule has 3 nitrogen and oxygen atoms in total. The minimum atomic E-state index is 0.00124. The molecule has 0 spiro atoms. The second-order valence-electron chi connectivity index (χ2n) is 3.65. The van der Waals surface area contributed by atoms with Crippen LogP contribution in [0.1, 0.15) is 0 Å². The van der Waals surface area contributed by atoms with Crippen LogP contribution in [0.3, 0.4) is 0 Å². The van der Waals surface area contributed by atoms with Gasteiger partial charge in [0, 0.05) is 24.2 Å². The quantitative estimate of drug-likeness (QED) is 0.620. The summed E-state index contributed by atoms with van der Waals surface area (Å²) in [6.07, 6.45) is 3.71. The van der Waals surface area contributed by atoms with Gasteiger partial charge in [0.15, 0.2) is 0 Å². The minimum absolute atomic E-state index is 0.00124. The van der Waals surface area contributed by atoms with Crippen molar-refractivity contribution in [1.29, 1.82) is 0 Å². The van der Waals surface area contributed by atoms with E-state index in [1.807, 2.05) is 30.3 Å². The lowest BCUT2D eigenvalue weighted by molar-refractivity contribution is -0.119. The molecule has 1 aromatic rings. The number of rotatable bonds is 6.